The summed E-state index contributed by atoms with van der Waals surface area (Å²) in [7, 11) is 0. The van der Waals surface area contributed by atoms with Gasteiger partial charge in [0.2, 0.25) is 11.8 Å². The second-order valence-corrected chi connectivity index (χ2v) is 10.2. The minimum atomic E-state index is -0.796. The third kappa shape index (κ3) is 6.52. The van der Waals surface area contributed by atoms with Crippen LogP contribution in [0.15, 0.2) is 24.3 Å². The largest absolute Gasteiger partial charge is 0.356 e. The Kier molecular flexibility index (Phi) is 7.70. The maximum atomic E-state index is 13.2. The lowest BCUT2D eigenvalue weighted by atomic mass is 9.87. The lowest BCUT2D eigenvalue weighted by molar-refractivity contribution is -0.128. The van der Waals surface area contributed by atoms with Crippen molar-refractivity contribution in [2.24, 2.45) is 11.3 Å². The molecule has 1 aliphatic rings. The van der Waals surface area contributed by atoms with E-state index in [-0.39, 0.29) is 23.1 Å². The van der Waals surface area contributed by atoms with Gasteiger partial charge in [0, 0.05) is 17.8 Å². The van der Waals surface area contributed by atoms with Gasteiger partial charge in [-0.05, 0) is 43.2 Å². The van der Waals surface area contributed by atoms with Crippen molar-refractivity contribution in [3.05, 3.63) is 35.0 Å². The molecule has 1 aromatic heterocycles. The van der Waals surface area contributed by atoms with E-state index >= 15 is 0 Å². The topological polar surface area (TPSA) is 103 Å². The van der Waals surface area contributed by atoms with Crippen molar-refractivity contribution in [3.8, 4) is 12.3 Å². The van der Waals surface area contributed by atoms with Crippen molar-refractivity contribution >= 4 is 40.2 Å². The van der Waals surface area contributed by atoms with Gasteiger partial charge in [0.05, 0.1) is 16.6 Å². The number of nitrogens with one attached hydrogen (secondary N) is 4. The van der Waals surface area contributed by atoms with Crippen LogP contribution >= 0.6 is 11.6 Å². The Bertz CT molecular complexity index is 1080. The predicted octanol–water partition coefficient (Wildman–Crippen LogP) is 3.39. The number of para-hydroxylation sites is 1. The van der Waals surface area contributed by atoms with Gasteiger partial charge in [-0.1, -0.05) is 50.4 Å². The van der Waals surface area contributed by atoms with Crippen LogP contribution in [0.4, 0.5) is 0 Å². The lowest BCUT2D eigenvalue weighted by Gasteiger charge is -2.28. The molecule has 3 rings (SSSR count). The monoisotopic (exact) mass is 470 g/mol. The number of H-pyrrole nitrogens is 1. The van der Waals surface area contributed by atoms with Crippen molar-refractivity contribution in [3.63, 3.8) is 0 Å². The molecule has 3 atom stereocenters. The number of terminal acetylenes is 1. The Morgan fingerprint density at radius 2 is 2.06 bits per heavy atom. The van der Waals surface area contributed by atoms with E-state index in [1.165, 1.54) is 0 Å². The highest BCUT2D eigenvalue weighted by Gasteiger charge is 2.30. The number of aromatic nitrogens is 1. The molecule has 1 saturated heterocycles. The van der Waals surface area contributed by atoms with Gasteiger partial charge in [-0.25, -0.2) is 0 Å². The van der Waals surface area contributed by atoms with Crippen molar-refractivity contribution in [1.82, 2.24) is 20.9 Å². The van der Waals surface area contributed by atoms with Gasteiger partial charge in [-0.3, -0.25) is 14.4 Å². The quantitative estimate of drug-likeness (QED) is 0.466. The summed E-state index contributed by atoms with van der Waals surface area (Å²) in [5, 5.41) is 9.85. The van der Waals surface area contributed by atoms with Gasteiger partial charge in [0.25, 0.3) is 5.91 Å². The van der Waals surface area contributed by atoms with Gasteiger partial charge in [0.15, 0.2) is 0 Å². The molecule has 0 bridgehead atoms. The number of amides is 3. The molecule has 7 nitrogen and oxygen atoms in total. The number of carbonyl (C=O) groups is 3. The number of aromatic amines is 1. The molecule has 4 N–H and O–H groups in total. The van der Waals surface area contributed by atoms with Crippen LogP contribution in [0.2, 0.25) is 5.02 Å². The lowest BCUT2D eigenvalue weighted by Crippen LogP contribution is -2.51. The summed E-state index contributed by atoms with van der Waals surface area (Å²) < 4.78 is 0. The van der Waals surface area contributed by atoms with Crippen LogP contribution < -0.4 is 16.0 Å². The average molecular weight is 471 g/mol. The molecule has 0 radical (unpaired) electrons. The molecule has 3 amide bonds. The minimum absolute atomic E-state index is 0.0345. The SMILES string of the molecule is C#C[C@H](C[C@@H]1CCCNC1=O)NC(=O)[C@H](CC(C)(C)C)NC(=O)c1cc2cccc(Cl)c2[nH]1. The summed E-state index contributed by atoms with van der Waals surface area (Å²) in [6, 6.07) is 5.71. The normalized spacial score (nSPS) is 18.2. The highest BCUT2D eigenvalue weighted by molar-refractivity contribution is 6.35. The predicted molar refractivity (Wildman–Crippen MR) is 130 cm³/mol. The van der Waals surface area contributed by atoms with Crippen LogP contribution in [-0.4, -0.2) is 41.3 Å². The van der Waals surface area contributed by atoms with Crippen LogP contribution in [0.3, 0.4) is 0 Å². The molecule has 8 heteroatoms. The number of piperidine rings is 1. The second kappa shape index (κ2) is 10.3. The fourth-order valence-corrected chi connectivity index (χ4v) is 4.31. The summed E-state index contributed by atoms with van der Waals surface area (Å²) in [6.45, 7) is 6.65. The molecule has 33 heavy (non-hydrogen) atoms. The van der Waals surface area contributed by atoms with Crippen molar-refractivity contribution in [2.45, 2.75) is 58.5 Å². The number of fused-ring (bicyclic) bond motifs is 1. The van der Waals surface area contributed by atoms with Gasteiger partial charge >= 0.3 is 0 Å². The molecule has 1 aromatic carbocycles. The smallest absolute Gasteiger partial charge is 0.268 e. The van der Waals surface area contributed by atoms with E-state index < -0.39 is 18.0 Å². The zero-order valence-electron chi connectivity index (χ0n) is 19.3. The standard InChI is InChI=1S/C25H31ClN4O3/c1-5-17(12-16-9-7-11-27-22(16)31)28-24(33)20(14-25(2,3)4)30-23(32)19-13-15-8-6-10-18(26)21(15)29-19/h1,6,8,10,13,16-17,20,29H,7,9,11-12,14H2,2-4H3,(H,27,31)(H,28,33)(H,30,32)/t16-,17+,20-/m0/s1. The minimum Gasteiger partial charge on any atom is -0.356 e. The van der Waals surface area contributed by atoms with E-state index in [0.717, 1.165) is 18.2 Å². The van der Waals surface area contributed by atoms with E-state index in [2.05, 4.69) is 26.9 Å². The molecule has 2 aromatic rings. The Morgan fingerprint density at radius 3 is 2.70 bits per heavy atom. The molecule has 0 spiro atoms. The second-order valence-electron chi connectivity index (χ2n) is 9.77. The Morgan fingerprint density at radius 1 is 1.30 bits per heavy atom. The molecular weight excluding hydrogens is 440 g/mol. The summed E-state index contributed by atoms with van der Waals surface area (Å²) in [6.07, 6.45) is 8.06. The third-order valence-electron chi connectivity index (χ3n) is 5.73. The number of rotatable bonds is 7. The van der Waals surface area contributed by atoms with Gasteiger partial charge in [-0.15, -0.1) is 6.42 Å². The number of carbonyl (C=O) groups excluding carboxylic acids is 3. The third-order valence-corrected chi connectivity index (χ3v) is 6.04. The van der Waals surface area contributed by atoms with Gasteiger partial charge in [0.1, 0.15) is 11.7 Å². The molecule has 2 heterocycles. The van der Waals surface area contributed by atoms with E-state index in [1.54, 1.807) is 12.1 Å². The summed E-state index contributed by atoms with van der Waals surface area (Å²) in [5.74, 6) is 1.54. The number of hydrogen-bond donors (Lipinski definition) is 4. The molecule has 0 saturated carbocycles. The van der Waals surface area contributed by atoms with Crippen LogP contribution in [0.5, 0.6) is 0 Å². The molecular formula is C25H31ClN4O3. The summed E-state index contributed by atoms with van der Waals surface area (Å²) in [4.78, 5) is 41.3. The van der Waals surface area contributed by atoms with Crippen molar-refractivity contribution in [2.75, 3.05) is 6.54 Å². The summed E-state index contributed by atoms with van der Waals surface area (Å²) in [5.41, 5.74) is 0.755. The fourth-order valence-electron chi connectivity index (χ4n) is 4.09. The van der Waals surface area contributed by atoms with E-state index in [0.29, 0.717) is 35.6 Å². The Hall–Kier alpha value is -2.98. The zero-order chi connectivity index (χ0) is 24.2. The highest BCUT2D eigenvalue weighted by atomic mass is 35.5. The highest BCUT2D eigenvalue weighted by Crippen LogP contribution is 2.25. The fraction of sp³-hybridized carbons (Fsp3) is 0.480. The number of halogens is 1. The van der Waals surface area contributed by atoms with Crippen molar-refractivity contribution in [1.29, 1.82) is 0 Å². The van der Waals surface area contributed by atoms with Gasteiger partial charge < -0.3 is 20.9 Å². The van der Waals surface area contributed by atoms with E-state index in [1.807, 2.05) is 32.9 Å². The van der Waals surface area contributed by atoms with E-state index in [4.69, 9.17) is 18.0 Å². The molecule has 0 unspecified atom stereocenters. The molecule has 0 aliphatic carbocycles. The van der Waals surface area contributed by atoms with Crippen LogP contribution in [0, 0.1) is 23.7 Å². The maximum Gasteiger partial charge on any atom is 0.268 e. The van der Waals surface area contributed by atoms with Crippen LogP contribution in [0.1, 0.15) is 56.9 Å². The maximum absolute atomic E-state index is 13.2. The first-order valence-electron chi connectivity index (χ1n) is 11.2. The first-order valence-corrected chi connectivity index (χ1v) is 11.6. The molecule has 1 fully saturated rings. The molecule has 1 aliphatic heterocycles. The number of benzene rings is 1. The van der Waals surface area contributed by atoms with Crippen LogP contribution in [0.25, 0.3) is 10.9 Å². The first-order chi connectivity index (χ1) is 15.6. The number of hydrogen-bond acceptors (Lipinski definition) is 3. The molecule has 176 valence electrons. The van der Waals surface area contributed by atoms with Gasteiger partial charge in [-0.2, -0.15) is 0 Å². The van der Waals surface area contributed by atoms with Crippen LogP contribution in [-0.2, 0) is 9.59 Å². The van der Waals surface area contributed by atoms with Crippen molar-refractivity contribution < 1.29 is 14.4 Å². The Labute approximate surface area is 199 Å². The Balaban J connectivity index is 1.72. The average Bonchev–Trinajstić information content (AvgIpc) is 3.19. The summed E-state index contributed by atoms with van der Waals surface area (Å²) >= 11 is 6.21. The van der Waals surface area contributed by atoms with E-state index in [9.17, 15) is 14.4 Å². The zero-order valence-corrected chi connectivity index (χ0v) is 20.0. The first kappa shape index (κ1) is 24.7.